The fourth-order valence-corrected chi connectivity index (χ4v) is 5.21. The van der Waals surface area contributed by atoms with Crippen molar-refractivity contribution in [2.45, 2.75) is 18.9 Å². The van der Waals surface area contributed by atoms with Crippen LogP contribution in [-0.2, 0) is 16.0 Å². The third-order valence-electron chi connectivity index (χ3n) is 6.30. The molecule has 4 atom stereocenters. The number of fused-ring (bicyclic) bond motifs is 3. The molecule has 0 heterocycles. The number of rotatable bonds is 2. The van der Waals surface area contributed by atoms with Crippen molar-refractivity contribution in [3.8, 4) is 5.75 Å². The van der Waals surface area contributed by atoms with E-state index in [9.17, 15) is 29.7 Å². The highest BCUT2D eigenvalue weighted by Crippen LogP contribution is 2.50. The number of aliphatic hydroxyl groups is 2. The summed E-state index contributed by atoms with van der Waals surface area (Å²) in [6.07, 6.45) is 0.773. The summed E-state index contributed by atoms with van der Waals surface area (Å²) < 4.78 is 0. The number of hydrogen-bond acceptors (Lipinski definition) is 7. The predicted octanol–water partition coefficient (Wildman–Crippen LogP) is 1.01. The van der Waals surface area contributed by atoms with Crippen molar-refractivity contribution in [2.24, 2.45) is 23.5 Å². The number of carbonyl (C=O) groups is 3. The largest absolute Gasteiger partial charge is 0.511 e. The summed E-state index contributed by atoms with van der Waals surface area (Å²) in [6.45, 7) is 0. The minimum absolute atomic E-state index is 0.0938. The van der Waals surface area contributed by atoms with Crippen LogP contribution in [0.4, 0.5) is 0 Å². The molecule has 1 amide bonds. The quantitative estimate of drug-likeness (QED) is 0.545. The van der Waals surface area contributed by atoms with E-state index in [2.05, 4.69) is 0 Å². The Morgan fingerprint density at radius 2 is 1.83 bits per heavy atom. The summed E-state index contributed by atoms with van der Waals surface area (Å²) in [4.78, 5) is 39.6. The molecule has 5 N–H and O–H groups in total. The standard InChI is InChI=1S/C21H22N2O6/c1-23(2)16-10-7-9-6-8-4-3-5-11(24)12(8)17(25)13(9)18(26)14(10)19(27)15(20(16)28)21(22)29/h3-5,9-10,14,16,24,26,28H,6-7H2,1-2H3,(H2,22,29)/t9?,10?,14?,16-/m0/s1. The van der Waals surface area contributed by atoms with Gasteiger partial charge in [0.2, 0.25) is 0 Å². The second kappa shape index (κ2) is 6.45. The number of nitrogens with zero attached hydrogens (tertiary/aromatic N) is 1. The first-order valence-corrected chi connectivity index (χ1v) is 9.37. The van der Waals surface area contributed by atoms with Gasteiger partial charge >= 0.3 is 0 Å². The molecule has 0 bridgehead atoms. The predicted molar refractivity (Wildman–Crippen MR) is 102 cm³/mol. The van der Waals surface area contributed by atoms with Gasteiger partial charge in [-0.3, -0.25) is 19.3 Å². The molecular formula is C21H22N2O6. The molecule has 0 spiro atoms. The number of amides is 1. The number of likely N-dealkylation sites (N-methyl/N-ethyl adjacent to an activating group) is 1. The number of phenols is 1. The van der Waals surface area contributed by atoms with Crippen molar-refractivity contribution in [3.63, 3.8) is 0 Å². The third kappa shape index (κ3) is 2.59. The SMILES string of the molecule is CN(C)[C@@H]1C(O)=C(C(N)=O)C(=O)C2C(O)=C3C(=O)c4c(O)cccc4CC3CC21. The third-order valence-corrected chi connectivity index (χ3v) is 6.30. The zero-order valence-corrected chi connectivity index (χ0v) is 16.0. The number of phenolic OH excluding ortho intramolecular Hbond substituents is 1. The van der Waals surface area contributed by atoms with E-state index in [1.165, 1.54) is 6.07 Å². The summed E-state index contributed by atoms with van der Waals surface area (Å²) in [5.74, 6) is -5.38. The molecule has 8 nitrogen and oxygen atoms in total. The second-order valence-corrected chi connectivity index (χ2v) is 8.11. The van der Waals surface area contributed by atoms with Crippen molar-refractivity contribution in [1.82, 2.24) is 4.90 Å². The molecule has 0 radical (unpaired) electrons. The van der Waals surface area contributed by atoms with Gasteiger partial charge in [0.25, 0.3) is 5.91 Å². The van der Waals surface area contributed by atoms with Crippen LogP contribution >= 0.6 is 0 Å². The van der Waals surface area contributed by atoms with Gasteiger partial charge in [-0.2, -0.15) is 0 Å². The molecule has 4 rings (SSSR count). The Labute approximate surface area is 166 Å². The number of aliphatic hydroxyl groups excluding tert-OH is 2. The molecule has 3 aliphatic carbocycles. The van der Waals surface area contributed by atoms with Gasteiger partial charge in [-0.15, -0.1) is 0 Å². The Kier molecular flexibility index (Phi) is 4.27. The fourth-order valence-electron chi connectivity index (χ4n) is 5.21. The van der Waals surface area contributed by atoms with Crippen molar-refractivity contribution in [3.05, 3.63) is 52.0 Å². The zero-order chi connectivity index (χ0) is 21.2. The van der Waals surface area contributed by atoms with Crippen LogP contribution < -0.4 is 5.73 Å². The van der Waals surface area contributed by atoms with Crippen molar-refractivity contribution < 1.29 is 29.7 Å². The Morgan fingerprint density at radius 3 is 2.45 bits per heavy atom. The van der Waals surface area contributed by atoms with Crippen LogP contribution in [0.5, 0.6) is 5.75 Å². The van der Waals surface area contributed by atoms with E-state index in [4.69, 9.17) is 5.73 Å². The van der Waals surface area contributed by atoms with Crippen LogP contribution in [0.1, 0.15) is 22.3 Å². The minimum atomic E-state index is -1.15. The monoisotopic (exact) mass is 398 g/mol. The maximum atomic E-state index is 13.1. The second-order valence-electron chi connectivity index (χ2n) is 8.11. The van der Waals surface area contributed by atoms with Gasteiger partial charge in [0, 0.05) is 5.57 Å². The molecule has 152 valence electrons. The van der Waals surface area contributed by atoms with Crippen LogP contribution in [-0.4, -0.2) is 57.8 Å². The average Bonchev–Trinajstić information content (AvgIpc) is 2.60. The van der Waals surface area contributed by atoms with Gasteiger partial charge < -0.3 is 21.1 Å². The van der Waals surface area contributed by atoms with E-state index in [-0.39, 0.29) is 22.8 Å². The van der Waals surface area contributed by atoms with Gasteiger partial charge in [-0.05, 0) is 50.4 Å². The first-order chi connectivity index (χ1) is 13.6. The maximum absolute atomic E-state index is 13.1. The summed E-state index contributed by atoms with van der Waals surface area (Å²) in [5, 5.41) is 31.8. The maximum Gasteiger partial charge on any atom is 0.255 e. The van der Waals surface area contributed by atoms with Crippen LogP contribution in [0, 0.1) is 17.8 Å². The number of aromatic hydroxyl groups is 1. The number of hydrogen-bond donors (Lipinski definition) is 4. The van der Waals surface area contributed by atoms with Gasteiger partial charge in [0.15, 0.2) is 11.6 Å². The molecule has 0 fully saturated rings. The number of ketones is 2. The molecule has 3 aliphatic rings. The first kappa shape index (κ1) is 19.2. The van der Waals surface area contributed by atoms with E-state index >= 15 is 0 Å². The van der Waals surface area contributed by atoms with E-state index in [1.807, 2.05) is 0 Å². The molecule has 3 unspecified atom stereocenters. The number of benzene rings is 1. The molecule has 1 aromatic rings. The lowest BCUT2D eigenvalue weighted by Crippen LogP contribution is -2.53. The molecule has 8 heteroatoms. The smallest absolute Gasteiger partial charge is 0.255 e. The lowest BCUT2D eigenvalue weighted by Gasteiger charge is -2.46. The number of Topliss-reactive ketones (excluding diaryl/α,β-unsaturated/α-hetero) is 2. The molecular weight excluding hydrogens is 376 g/mol. The fraction of sp³-hybridized carbons (Fsp3) is 0.381. The van der Waals surface area contributed by atoms with Crippen molar-refractivity contribution in [1.29, 1.82) is 0 Å². The van der Waals surface area contributed by atoms with Crippen LogP contribution in [0.3, 0.4) is 0 Å². The minimum Gasteiger partial charge on any atom is -0.511 e. The van der Waals surface area contributed by atoms with Crippen LogP contribution in [0.15, 0.2) is 40.9 Å². The molecule has 0 aliphatic heterocycles. The number of nitrogens with two attached hydrogens (primary N) is 1. The van der Waals surface area contributed by atoms with Gasteiger partial charge in [-0.1, -0.05) is 12.1 Å². The number of allylic oxidation sites excluding steroid dienone is 2. The Hall–Kier alpha value is -3.13. The molecule has 0 aromatic heterocycles. The number of primary amides is 1. The zero-order valence-electron chi connectivity index (χ0n) is 16.0. The van der Waals surface area contributed by atoms with Crippen molar-refractivity contribution in [2.75, 3.05) is 14.1 Å². The van der Waals surface area contributed by atoms with E-state index in [0.717, 1.165) is 0 Å². The Bertz CT molecular complexity index is 1020. The van der Waals surface area contributed by atoms with E-state index in [1.54, 1.807) is 31.1 Å². The summed E-state index contributed by atoms with van der Waals surface area (Å²) in [5.41, 5.74) is 5.69. The number of carbonyl (C=O) groups excluding carboxylic acids is 3. The first-order valence-electron chi connectivity index (χ1n) is 9.37. The lowest BCUT2D eigenvalue weighted by molar-refractivity contribution is -0.127. The highest BCUT2D eigenvalue weighted by Gasteiger charge is 2.54. The van der Waals surface area contributed by atoms with Gasteiger partial charge in [0.1, 0.15) is 22.8 Å². The van der Waals surface area contributed by atoms with Gasteiger partial charge in [-0.25, -0.2) is 0 Å². The van der Waals surface area contributed by atoms with E-state index in [0.29, 0.717) is 18.4 Å². The summed E-state index contributed by atoms with van der Waals surface area (Å²) >= 11 is 0. The lowest BCUT2D eigenvalue weighted by atomic mass is 9.61. The normalized spacial score (nSPS) is 28.9. The average molecular weight is 398 g/mol. The van der Waals surface area contributed by atoms with E-state index < -0.39 is 52.4 Å². The summed E-state index contributed by atoms with van der Waals surface area (Å²) in [6, 6.07) is 4.11. The molecule has 29 heavy (non-hydrogen) atoms. The van der Waals surface area contributed by atoms with Crippen LogP contribution in [0.25, 0.3) is 0 Å². The Balaban J connectivity index is 1.90. The van der Waals surface area contributed by atoms with Gasteiger partial charge in [0.05, 0.1) is 17.5 Å². The molecule has 0 saturated heterocycles. The van der Waals surface area contributed by atoms with Crippen LogP contribution in [0.2, 0.25) is 0 Å². The van der Waals surface area contributed by atoms with Crippen molar-refractivity contribution >= 4 is 17.5 Å². The molecule has 0 saturated carbocycles. The molecule has 1 aromatic carbocycles. The topological polar surface area (TPSA) is 141 Å². The summed E-state index contributed by atoms with van der Waals surface area (Å²) in [7, 11) is 3.39. The highest BCUT2D eigenvalue weighted by atomic mass is 16.3. The highest BCUT2D eigenvalue weighted by molar-refractivity contribution is 6.22. The Morgan fingerprint density at radius 1 is 1.14 bits per heavy atom.